The summed E-state index contributed by atoms with van der Waals surface area (Å²) in [5.41, 5.74) is 6.87. The van der Waals surface area contributed by atoms with Crippen LogP contribution in [0.2, 0.25) is 5.02 Å². The topological polar surface area (TPSA) is 125 Å². The van der Waals surface area contributed by atoms with Gasteiger partial charge in [0.05, 0.1) is 4.90 Å². The second-order valence-electron chi connectivity index (χ2n) is 5.62. The molecule has 0 aromatic heterocycles. The summed E-state index contributed by atoms with van der Waals surface area (Å²) in [6.07, 6.45) is 0.697. The zero-order chi connectivity index (χ0) is 19.2. The fraction of sp³-hybridized carbons (Fsp3) is 0.235. The van der Waals surface area contributed by atoms with Gasteiger partial charge in [-0.25, -0.2) is 13.6 Å². The molecular formula is C17H20ClN3O4S. The number of primary sulfonamides is 1. The van der Waals surface area contributed by atoms with E-state index in [0.717, 1.165) is 11.1 Å². The number of rotatable bonds is 9. The Bertz CT molecular complexity index is 870. The molecule has 5 N–H and O–H groups in total. The normalized spacial score (nSPS) is 11.3. The Hall–Kier alpha value is -2.13. The highest BCUT2D eigenvalue weighted by atomic mass is 35.5. The molecule has 9 heteroatoms. The van der Waals surface area contributed by atoms with Crippen LogP contribution in [0, 0.1) is 0 Å². The van der Waals surface area contributed by atoms with Crippen molar-refractivity contribution in [2.75, 3.05) is 13.2 Å². The number of primary amides is 1. The lowest BCUT2D eigenvalue weighted by Crippen LogP contribution is -2.21. The quantitative estimate of drug-likeness (QED) is 0.548. The molecule has 0 radical (unpaired) electrons. The number of halogens is 1. The van der Waals surface area contributed by atoms with E-state index in [1.807, 2.05) is 0 Å². The Morgan fingerprint density at radius 3 is 2.46 bits per heavy atom. The van der Waals surface area contributed by atoms with Crippen LogP contribution in [0.5, 0.6) is 5.75 Å². The number of nitrogens with two attached hydrogens (primary N) is 2. The van der Waals surface area contributed by atoms with Gasteiger partial charge in [-0.2, -0.15) is 0 Å². The summed E-state index contributed by atoms with van der Waals surface area (Å²) in [5, 5.41) is 8.89. The third-order valence-electron chi connectivity index (χ3n) is 3.55. The fourth-order valence-electron chi connectivity index (χ4n) is 2.28. The molecule has 140 valence electrons. The lowest BCUT2D eigenvalue weighted by Gasteiger charge is -2.12. The van der Waals surface area contributed by atoms with Crippen molar-refractivity contribution in [3.63, 3.8) is 0 Å². The van der Waals surface area contributed by atoms with Crippen molar-refractivity contribution in [1.29, 1.82) is 0 Å². The van der Waals surface area contributed by atoms with Crippen LogP contribution in [0.25, 0.3) is 0 Å². The average Bonchev–Trinajstić information content (AvgIpc) is 2.57. The number of hydrogen-bond acceptors (Lipinski definition) is 5. The van der Waals surface area contributed by atoms with Crippen molar-refractivity contribution in [2.24, 2.45) is 10.9 Å². The van der Waals surface area contributed by atoms with Crippen molar-refractivity contribution >= 4 is 27.5 Å². The van der Waals surface area contributed by atoms with Crippen molar-refractivity contribution in [1.82, 2.24) is 5.32 Å². The number of sulfonamides is 1. The van der Waals surface area contributed by atoms with Gasteiger partial charge in [0.2, 0.25) is 10.0 Å². The number of hydrogen-bond donors (Lipinski definition) is 3. The van der Waals surface area contributed by atoms with Crippen LogP contribution >= 0.6 is 11.6 Å². The lowest BCUT2D eigenvalue weighted by molar-refractivity contribution is -0.119. The first-order chi connectivity index (χ1) is 12.3. The van der Waals surface area contributed by atoms with Gasteiger partial charge >= 0.3 is 0 Å². The SMILES string of the molecule is NC(=O)COc1ccc(Cl)cc1CNCCc1ccc(S(N)(=O)=O)cc1. The van der Waals surface area contributed by atoms with E-state index in [2.05, 4.69) is 5.32 Å². The highest BCUT2D eigenvalue weighted by molar-refractivity contribution is 7.89. The van der Waals surface area contributed by atoms with Crippen LogP contribution < -0.4 is 20.9 Å². The molecule has 2 aromatic carbocycles. The molecule has 0 unspecified atom stereocenters. The van der Waals surface area contributed by atoms with E-state index in [-0.39, 0.29) is 11.5 Å². The summed E-state index contributed by atoms with van der Waals surface area (Å²) in [6, 6.07) is 11.5. The Morgan fingerprint density at radius 1 is 1.15 bits per heavy atom. The van der Waals surface area contributed by atoms with E-state index >= 15 is 0 Å². The highest BCUT2D eigenvalue weighted by Crippen LogP contribution is 2.22. The van der Waals surface area contributed by atoms with E-state index in [1.165, 1.54) is 12.1 Å². The van der Waals surface area contributed by atoms with E-state index < -0.39 is 15.9 Å². The number of ether oxygens (including phenoxy) is 1. The second-order valence-corrected chi connectivity index (χ2v) is 7.62. The molecule has 0 aliphatic heterocycles. The molecule has 2 aromatic rings. The van der Waals surface area contributed by atoms with Gasteiger partial charge in [0.1, 0.15) is 5.75 Å². The second kappa shape index (κ2) is 9.00. The lowest BCUT2D eigenvalue weighted by atomic mass is 10.1. The first kappa shape index (κ1) is 20.2. The molecule has 0 atom stereocenters. The zero-order valence-corrected chi connectivity index (χ0v) is 15.5. The molecule has 0 fully saturated rings. The first-order valence-corrected chi connectivity index (χ1v) is 9.70. The first-order valence-electron chi connectivity index (χ1n) is 7.77. The van der Waals surface area contributed by atoms with Crippen molar-refractivity contribution in [2.45, 2.75) is 17.9 Å². The minimum absolute atomic E-state index is 0.0874. The maximum Gasteiger partial charge on any atom is 0.255 e. The highest BCUT2D eigenvalue weighted by Gasteiger charge is 2.08. The van der Waals surface area contributed by atoms with E-state index in [0.29, 0.717) is 30.3 Å². The molecule has 0 saturated carbocycles. The van der Waals surface area contributed by atoms with Crippen LogP contribution in [-0.4, -0.2) is 27.5 Å². The summed E-state index contributed by atoms with van der Waals surface area (Å²) in [5.74, 6) is -0.0139. The molecule has 26 heavy (non-hydrogen) atoms. The molecule has 0 spiro atoms. The van der Waals surface area contributed by atoms with E-state index in [9.17, 15) is 13.2 Å². The van der Waals surface area contributed by atoms with Crippen LogP contribution in [0.4, 0.5) is 0 Å². The molecule has 0 aliphatic carbocycles. The largest absolute Gasteiger partial charge is 0.483 e. The monoisotopic (exact) mass is 397 g/mol. The van der Waals surface area contributed by atoms with Crippen LogP contribution in [-0.2, 0) is 27.8 Å². The van der Waals surface area contributed by atoms with Gasteiger partial charge in [-0.15, -0.1) is 0 Å². The molecule has 2 rings (SSSR count). The van der Waals surface area contributed by atoms with Gasteiger partial charge in [0.25, 0.3) is 5.91 Å². The van der Waals surface area contributed by atoms with Gasteiger partial charge in [-0.3, -0.25) is 4.79 Å². The predicted octanol–water partition coefficient (Wildman–Crippen LogP) is 1.18. The number of carbonyl (C=O) groups excluding carboxylic acids is 1. The van der Waals surface area contributed by atoms with Crippen LogP contribution in [0.3, 0.4) is 0 Å². The molecule has 0 heterocycles. The summed E-state index contributed by atoms with van der Waals surface area (Å²) in [7, 11) is -3.68. The molecule has 0 bridgehead atoms. The fourth-order valence-corrected chi connectivity index (χ4v) is 2.99. The summed E-state index contributed by atoms with van der Waals surface area (Å²) < 4.78 is 27.8. The van der Waals surface area contributed by atoms with Gasteiger partial charge in [0, 0.05) is 17.1 Å². The molecule has 0 saturated heterocycles. The maximum absolute atomic E-state index is 11.2. The Labute approximate surface area is 157 Å². The van der Waals surface area contributed by atoms with Gasteiger partial charge in [-0.1, -0.05) is 23.7 Å². The van der Waals surface area contributed by atoms with Crippen molar-refractivity contribution < 1.29 is 17.9 Å². The third-order valence-corrected chi connectivity index (χ3v) is 4.71. The van der Waals surface area contributed by atoms with Crippen LogP contribution in [0.15, 0.2) is 47.4 Å². The van der Waals surface area contributed by atoms with Gasteiger partial charge < -0.3 is 15.8 Å². The van der Waals surface area contributed by atoms with Gasteiger partial charge in [-0.05, 0) is 48.9 Å². The predicted molar refractivity (Wildman–Crippen MR) is 99.4 cm³/mol. The summed E-state index contributed by atoms with van der Waals surface area (Å²) >= 11 is 6.01. The van der Waals surface area contributed by atoms with Crippen molar-refractivity contribution in [3.05, 3.63) is 58.6 Å². The van der Waals surface area contributed by atoms with Crippen LogP contribution in [0.1, 0.15) is 11.1 Å². The van der Waals surface area contributed by atoms with Gasteiger partial charge in [0.15, 0.2) is 6.61 Å². The maximum atomic E-state index is 11.2. The average molecular weight is 398 g/mol. The molecule has 1 amide bonds. The third kappa shape index (κ3) is 6.30. The summed E-state index contributed by atoms with van der Waals surface area (Å²) in [4.78, 5) is 11.0. The summed E-state index contributed by atoms with van der Waals surface area (Å²) in [6.45, 7) is 0.936. The Morgan fingerprint density at radius 2 is 1.85 bits per heavy atom. The Balaban J connectivity index is 1.89. The number of amides is 1. The minimum atomic E-state index is -3.68. The van der Waals surface area contributed by atoms with E-state index in [1.54, 1.807) is 30.3 Å². The van der Waals surface area contributed by atoms with Crippen molar-refractivity contribution in [3.8, 4) is 5.75 Å². The zero-order valence-electron chi connectivity index (χ0n) is 13.9. The molecule has 0 aliphatic rings. The number of nitrogens with one attached hydrogen (secondary N) is 1. The van der Waals surface area contributed by atoms with E-state index in [4.69, 9.17) is 27.2 Å². The Kier molecular flexibility index (Phi) is 6.98. The molecular weight excluding hydrogens is 378 g/mol. The minimum Gasteiger partial charge on any atom is -0.483 e. The number of carbonyl (C=O) groups is 1. The smallest absolute Gasteiger partial charge is 0.255 e. The standard InChI is InChI=1S/C17H20ClN3O4S/c18-14-3-6-16(25-11-17(19)22)13(9-14)10-21-8-7-12-1-4-15(5-2-12)26(20,23)24/h1-6,9,21H,7-8,10-11H2,(H2,19,22)(H2,20,23,24). The number of benzene rings is 2. The molecule has 7 nitrogen and oxygen atoms in total.